The van der Waals surface area contributed by atoms with Crippen LogP contribution in [0.15, 0.2) is 12.1 Å². The molecule has 114 valence electrons. The van der Waals surface area contributed by atoms with Crippen LogP contribution in [0.4, 0.5) is 8.78 Å². The van der Waals surface area contributed by atoms with Crippen LogP contribution in [0.2, 0.25) is 0 Å². The molecule has 0 saturated carbocycles. The van der Waals surface area contributed by atoms with Gasteiger partial charge in [0.05, 0.1) is 5.56 Å². The minimum atomic E-state index is -0.757. The predicted octanol–water partition coefficient (Wildman–Crippen LogP) is 0.550. The van der Waals surface area contributed by atoms with Gasteiger partial charge in [-0.2, -0.15) is 0 Å². The zero-order valence-corrected chi connectivity index (χ0v) is 11.6. The van der Waals surface area contributed by atoms with Gasteiger partial charge in [-0.25, -0.2) is 8.78 Å². The number of carbonyl (C=O) groups excluding carboxylic acids is 2. The van der Waals surface area contributed by atoms with Gasteiger partial charge in [-0.15, -0.1) is 0 Å². The highest BCUT2D eigenvalue weighted by Gasteiger charge is 2.26. The number of aliphatic hydroxyl groups excluding tert-OH is 1. The summed E-state index contributed by atoms with van der Waals surface area (Å²) >= 11 is 0. The number of hydrogen-bond donors (Lipinski definition) is 1. The first-order valence-corrected chi connectivity index (χ1v) is 6.57. The molecule has 1 N–H and O–H groups in total. The van der Waals surface area contributed by atoms with E-state index >= 15 is 0 Å². The molecule has 0 aromatic heterocycles. The van der Waals surface area contributed by atoms with Crippen LogP contribution in [-0.2, 0) is 4.79 Å². The maximum absolute atomic E-state index is 13.8. The van der Waals surface area contributed by atoms with Crippen LogP contribution in [0.1, 0.15) is 15.9 Å². The van der Waals surface area contributed by atoms with E-state index in [1.54, 1.807) is 0 Å². The molecule has 1 aromatic carbocycles. The van der Waals surface area contributed by atoms with Crippen molar-refractivity contribution in [2.75, 3.05) is 32.8 Å². The Hall–Kier alpha value is -2.02. The molecule has 0 atom stereocenters. The highest BCUT2D eigenvalue weighted by molar-refractivity contribution is 5.94. The zero-order valence-electron chi connectivity index (χ0n) is 11.6. The summed E-state index contributed by atoms with van der Waals surface area (Å²) < 4.78 is 27.3. The summed E-state index contributed by atoms with van der Waals surface area (Å²) in [5.74, 6) is -2.39. The number of aryl methyl sites for hydroxylation is 1. The van der Waals surface area contributed by atoms with Crippen molar-refractivity contribution in [3.05, 3.63) is 34.9 Å². The van der Waals surface area contributed by atoms with Gasteiger partial charge in [0.2, 0.25) is 5.91 Å². The summed E-state index contributed by atoms with van der Waals surface area (Å²) in [7, 11) is 0. The number of halogens is 2. The lowest BCUT2D eigenvalue weighted by Gasteiger charge is -2.34. The Balaban J connectivity index is 2.09. The van der Waals surface area contributed by atoms with Gasteiger partial charge in [0, 0.05) is 26.2 Å². The number of amides is 2. The molecule has 1 aliphatic rings. The monoisotopic (exact) mass is 298 g/mol. The third-order valence-electron chi connectivity index (χ3n) is 3.53. The first kappa shape index (κ1) is 15.4. The molecule has 2 amide bonds. The molecule has 7 heteroatoms. The molecule has 0 radical (unpaired) electrons. The molecule has 0 spiro atoms. The molecule has 0 unspecified atom stereocenters. The SMILES string of the molecule is Cc1cc(F)c(C(=O)N2CCN(C(=O)CO)CC2)cc1F. The molecule has 1 aromatic rings. The number of aliphatic hydroxyl groups is 1. The molecule has 1 saturated heterocycles. The molecule has 1 aliphatic heterocycles. The molecule has 0 bridgehead atoms. The van der Waals surface area contributed by atoms with Gasteiger partial charge in [-0.3, -0.25) is 9.59 Å². The summed E-state index contributed by atoms with van der Waals surface area (Å²) in [6, 6.07) is 1.90. The van der Waals surface area contributed by atoms with E-state index in [0.29, 0.717) is 0 Å². The maximum atomic E-state index is 13.8. The molecule has 2 rings (SSSR count). The third-order valence-corrected chi connectivity index (χ3v) is 3.53. The fourth-order valence-electron chi connectivity index (χ4n) is 2.24. The molecular formula is C14H16F2N2O3. The predicted molar refractivity (Wildman–Crippen MR) is 70.7 cm³/mol. The topological polar surface area (TPSA) is 60.9 Å². The zero-order chi connectivity index (χ0) is 15.6. The van der Waals surface area contributed by atoms with Crippen LogP contribution in [0, 0.1) is 18.6 Å². The quantitative estimate of drug-likeness (QED) is 0.867. The average molecular weight is 298 g/mol. The van der Waals surface area contributed by atoms with Gasteiger partial charge in [0.25, 0.3) is 5.91 Å². The molecule has 1 fully saturated rings. The van der Waals surface area contributed by atoms with Gasteiger partial charge >= 0.3 is 0 Å². The van der Waals surface area contributed by atoms with Crippen LogP contribution >= 0.6 is 0 Å². The van der Waals surface area contributed by atoms with Crippen LogP contribution in [0.3, 0.4) is 0 Å². The Bertz CT molecular complexity index is 570. The van der Waals surface area contributed by atoms with Crippen LogP contribution < -0.4 is 0 Å². The van der Waals surface area contributed by atoms with Crippen molar-refractivity contribution in [1.29, 1.82) is 0 Å². The Labute approximate surface area is 120 Å². The summed E-state index contributed by atoms with van der Waals surface area (Å²) in [4.78, 5) is 26.3. The first-order chi connectivity index (χ1) is 9.93. The highest BCUT2D eigenvalue weighted by Crippen LogP contribution is 2.17. The van der Waals surface area contributed by atoms with Crippen molar-refractivity contribution in [1.82, 2.24) is 9.80 Å². The second-order valence-electron chi connectivity index (χ2n) is 4.91. The normalized spacial score (nSPS) is 15.2. The highest BCUT2D eigenvalue weighted by atomic mass is 19.1. The maximum Gasteiger partial charge on any atom is 0.257 e. The van der Waals surface area contributed by atoms with Crippen molar-refractivity contribution >= 4 is 11.8 Å². The fourth-order valence-corrected chi connectivity index (χ4v) is 2.24. The Morgan fingerprint density at radius 1 is 1.10 bits per heavy atom. The van der Waals surface area contributed by atoms with E-state index in [-0.39, 0.29) is 37.3 Å². The van der Waals surface area contributed by atoms with E-state index in [0.717, 1.165) is 12.1 Å². The lowest BCUT2D eigenvalue weighted by molar-refractivity contribution is -0.135. The van der Waals surface area contributed by atoms with E-state index in [4.69, 9.17) is 5.11 Å². The number of piperazine rings is 1. The van der Waals surface area contributed by atoms with Crippen LogP contribution in [0.25, 0.3) is 0 Å². The minimum absolute atomic E-state index is 0.141. The smallest absolute Gasteiger partial charge is 0.257 e. The van der Waals surface area contributed by atoms with Gasteiger partial charge in [-0.05, 0) is 24.6 Å². The third kappa shape index (κ3) is 3.18. The van der Waals surface area contributed by atoms with Gasteiger partial charge in [-0.1, -0.05) is 0 Å². The van der Waals surface area contributed by atoms with Gasteiger partial charge in [0.1, 0.15) is 18.2 Å². The molecule has 1 heterocycles. The summed E-state index contributed by atoms with van der Waals surface area (Å²) in [5, 5.41) is 8.77. The van der Waals surface area contributed by atoms with E-state index in [2.05, 4.69) is 0 Å². The lowest BCUT2D eigenvalue weighted by Crippen LogP contribution is -2.51. The van der Waals surface area contributed by atoms with Crippen molar-refractivity contribution in [2.45, 2.75) is 6.92 Å². The molecule has 0 aliphatic carbocycles. The average Bonchev–Trinajstić information content (AvgIpc) is 2.49. The number of rotatable bonds is 2. The largest absolute Gasteiger partial charge is 0.387 e. The van der Waals surface area contributed by atoms with Crippen molar-refractivity contribution in [3.63, 3.8) is 0 Å². The Kier molecular flexibility index (Phi) is 4.52. The Morgan fingerprint density at radius 3 is 2.24 bits per heavy atom. The van der Waals surface area contributed by atoms with Gasteiger partial charge in [0.15, 0.2) is 0 Å². The lowest BCUT2D eigenvalue weighted by atomic mass is 10.1. The summed E-state index contributed by atoms with van der Waals surface area (Å²) in [5.41, 5.74) is -0.164. The van der Waals surface area contributed by atoms with Crippen LogP contribution in [0.5, 0.6) is 0 Å². The van der Waals surface area contributed by atoms with Gasteiger partial charge < -0.3 is 14.9 Å². The molecular weight excluding hydrogens is 282 g/mol. The van der Waals surface area contributed by atoms with Crippen molar-refractivity contribution in [2.24, 2.45) is 0 Å². The molecule has 21 heavy (non-hydrogen) atoms. The summed E-state index contributed by atoms with van der Waals surface area (Å²) in [6.45, 7) is 1.82. The number of benzene rings is 1. The second-order valence-corrected chi connectivity index (χ2v) is 4.91. The van der Waals surface area contributed by atoms with Crippen LogP contribution in [-0.4, -0.2) is 59.5 Å². The Morgan fingerprint density at radius 2 is 1.67 bits per heavy atom. The number of carbonyl (C=O) groups is 2. The fraction of sp³-hybridized carbons (Fsp3) is 0.429. The minimum Gasteiger partial charge on any atom is -0.387 e. The van der Waals surface area contributed by atoms with E-state index in [9.17, 15) is 18.4 Å². The van der Waals surface area contributed by atoms with E-state index in [1.165, 1.54) is 16.7 Å². The first-order valence-electron chi connectivity index (χ1n) is 6.57. The number of hydrogen-bond acceptors (Lipinski definition) is 3. The molecule has 5 nitrogen and oxygen atoms in total. The van der Waals surface area contributed by atoms with E-state index < -0.39 is 30.1 Å². The summed E-state index contributed by atoms with van der Waals surface area (Å²) in [6.07, 6.45) is 0. The van der Waals surface area contributed by atoms with E-state index in [1.807, 2.05) is 0 Å². The van der Waals surface area contributed by atoms with Crippen molar-refractivity contribution in [3.8, 4) is 0 Å². The standard InChI is InChI=1S/C14H16F2N2O3/c1-9-6-12(16)10(7-11(9)15)14(21)18-4-2-17(3-5-18)13(20)8-19/h6-7,19H,2-5,8H2,1H3. The second kappa shape index (κ2) is 6.17. The number of nitrogens with zero attached hydrogens (tertiary/aromatic N) is 2. The van der Waals surface area contributed by atoms with Crippen molar-refractivity contribution < 1.29 is 23.5 Å².